The lowest BCUT2D eigenvalue weighted by Crippen LogP contribution is -2.30. The highest BCUT2D eigenvalue weighted by atomic mass is 16.5. The first-order valence-corrected chi connectivity index (χ1v) is 7.77. The number of carbonyl (C=O) groups excluding carboxylic acids is 1. The van der Waals surface area contributed by atoms with Crippen LogP contribution in [0.15, 0.2) is 54.6 Å². The molecule has 0 heterocycles. The molecule has 5 nitrogen and oxygen atoms in total. The monoisotopic (exact) mass is 327 g/mol. The molecule has 0 aliphatic carbocycles. The van der Waals surface area contributed by atoms with Gasteiger partial charge in [0.05, 0.1) is 19.6 Å². The normalized spacial score (nSPS) is 11.5. The third-order valence-electron chi connectivity index (χ3n) is 3.69. The molecule has 2 aromatic rings. The highest BCUT2D eigenvalue weighted by Gasteiger charge is 2.17. The number of ether oxygens (including phenoxy) is 1. The van der Waals surface area contributed by atoms with Gasteiger partial charge in [-0.2, -0.15) is 0 Å². The second-order valence-corrected chi connectivity index (χ2v) is 5.48. The van der Waals surface area contributed by atoms with E-state index in [0.717, 1.165) is 16.9 Å². The predicted molar refractivity (Wildman–Crippen MR) is 90.9 cm³/mol. The minimum Gasteiger partial charge on any atom is -0.497 e. The number of carboxylic acids is 1. The van der Waals surface area contributed by atoms with Crippen molar-refractivity contribution in [2.75, 3.05) is 7.11 Å². The van der Waals surface area contributed by atoms with E-state index in [4.69, 9.17) is 9.84 Å². The molecule has 0 saturated carbocycles. The fraction of sp³-hybridized carbons (Fsp3) is 0.263. The first kappa shape index (κ1) is 17.5. The van der Waals surface area contributed by atoms with Crippen LogP contribution < -0.4 is 10.1 Å². The van der Waals surface area contributed by atoms with Crippen molar-refractivity contribution in [3.63, 3.8) is 0 Å². The number of aliphatic carboxylic acids is 1. The summed E-state index contributed by atoms with van der Waals surface area (Å²) < 4.78 is 5.16. The zero-order chi connectivity index (χ0) is 17.4. The van der Waals surface area contributed by atoms with Crippen LogP contribution in [0.25, 0.3) is 0 Å². The van der Waals surface area contributed by atoms with Crippen molar-refractivity contribution < 1.29 is 19.4 Å². The Balaban J connectivity index is 1.96. The molecule has 2 aromatic carbocycles. The van der Waals surface area contributed by atoms with Gasteiger partial charge in [0.15, 0.2) is 0 Å². The van der Waals surface area contributed by atoms with E-state index in [1.54, 1.807) is 7.11 Å². The summed E-state index contributed by atoms with van der Waals surface area (Å²) in [4.78, 5) is 23.2. The molecule has 126 valence electrons. The van der Waals surface area contributed by atoms with Crippen LogP contribution in [0.2, 0.25) is 0 Å². The molecule has 0 spiro atoms. The zero-order valence-corrected chi connectivity index (χ0v) is 13.6. The van der Waals surface area contributed by atoms with Crippen LogP contribution >= 0.6 is 0 Å². The molecule has 0 bridgehead atoms. The van der Waals surface area contributed by atoms with Crippen molar-refractivity contribution in [2.24, 2.45) is 0 Å². The summed E-state index contributed by atoms with van der Waals surface area (Å²) in [6.07, 6.45) is 0.711. The summed E-state index contributed by atoms with van der Waals surface area (Å²) >= 11 is 0. The number of amides is 1. The maximum Gasteiger partial charge on any atom is 0.305 e. The minimum absolute atomic E-state index is 0.144. The summed E-state index contributed by atoms with van der Waals surface area (Å²) in [5.41, 5.74) is 1.79. The molecule has 2 rings (SSSR count). The fourth-order valence-corrected chi connectivity index (χ4v) is 2.46. The van der Waals surface area contributed by atoms with Gasteiger partial charge in [-0.1, -0.05) is 42.5 Å². The number of methoxy groups -OCH3 is 1. The Morgan fingerprint density at radius 2 is 1.88 bits per heavy atom. The number of carbonyl (C=O) groups is 2. The van der Waals surface area contributed by atoms with E-state index in [2.05, 4.69) is 5.32 Å². The van der Waals surface area contributed by atoms with E-state index in [-0.39, 0.29) is 18.7 Å². The van der Waals surface area contributed by atoms with E-state index < -0.39 is 12.0 Å². The van der Waals surface area contributed by atoms with Crippen LogP contribution in [0.3, 0.4) is 0 Å². The second-order valence-electron chi connectivity index (χ2n) is 5.48. The maximum atomic E-state index is 12.2. The molecule has 0 fully saturated rings. The summed E-state index contributed by atoms with van der Waals surface area (Å²) in [6.45, 7) is 0. The smallest absolute Gasteiger partial charge is 0.305 e. The maximum absolute atomic E-state index is 12.2. The van der Waals surface area contributed by atoms with Gasteiger partial charge in [-0.3, -0.25) is 9.59 Å². The highest BCUT2D eigenvalue weighted by Crippen LogP contribution is 2.18. The molecule has 0 aromatic heterocycles. The topological polar surface area (TPSA) is 75.6 Å². The van der Waals surface area contributed by atoms with E-state index >= 15 is 0 Å². The minimum atomic E-state index is -0.947. The van der Waals surface area contributed by atoms with E-state index in [1.165, 1.54) is 0 Å². The average Bonchev–Trinajstić information content (AvgIpc) is 2.60. The number of hydrogen-bond donors (Lipinski definition) is 2. The van der Waals surface area contributed by atoms with E-state index in [9.17, 15) is 9.59 Å². The average molecular weight is 327 g/mol. The van der Waals surface area contributed by atoms with Gasteiger partial charge in [-0.15, -0.1) is 0 Å². The van der Waals surface area contributed by atoms with Crippen molar-refractivity contribution in [3.05, 3.63) is 65.7 Å². The van der Waals surface area contributed by atoms with Crippen molar-refractivity contribution in [3.8, 4) is 5.75 Å². The van der Waals surface area contributed by atoms with Crippen molar-refractivity contribution in [2.45, 2.75) is 25.3 Å². The Bertz CT molecular complexity index is 685. The van der Waals surface area contributed by atoms with Crippen molar-refractivity contribution in [1.29, 1.82) is 0 Å². The lowest BCUT2D eigenvalue weighted by atomic mass is 10.0. The molecule has 0 aliphatic heterocycles. The third kappa shape index (κ3) is 5.43. The fourth-order valence-electron chi connectivity index (χ4n) is 2.46. The molecule has 1 unspecified atom stereocenters. The molecule has 24 heavy (non-hydrogen) atoms. The lowest BCUT2D eigenvalue weighted by Gasteiger charge is -2.17. The number of hydrogen-bond acceptors (Lipinski definition) is 3. The van der Waals surface area contributed by atoms with Gasteiger partial charge in [0.25, 0.3) is 0 Å². The van der Waals surface area contributed by atoms with Crippen LogP contribution in [-0.2, 0) is 16.0 Å². The van der Waals surface area contributed by atoms with Crippen LogP contribution in [0.5, 0.6) is 5.75 Å². The zero-order valence-electron chi connectivity index (χ0n) is 13.6. The number of benzene rings is 2. The first-order valence-electron chi connectivity index (χ1n) is 7.77. The second kappa shape index (κ2) is 8.72. The van der Waals surface area contributed by atoms with E-state index in [1.807, 2.05) is 54.6 Å². The Hall–Kier alpha value is -2.82. The number of carboxylic acid groups (broad SMARTS) is 1. The molecular weight excluding hydrogens is 306 g/mol. The quantitative estimate of drug-likeness (QED) is 0.781. The van der Waals surface area contributed by atoms with Crippen LogP contribution in [0.1, 0.15) is 30.0 Å². The summed E-state index contributed by atoms with van der Waals surface area (Å²) in [6, 6.07) is 16.2. The summed E-state index contributed by atoms with van der Waals surface area (Å²) in [5, 5.41) is 11.9. The van der Waals surface area contributed by atoms with Gasteiger partial charge in [0.1, 0.15) is 5.75 Å². The number of nitrogens with one attached hydrogen (secondary N) is 1. The number of rotatable bonds is 8. The van der Waals surface area contributed by atoms with Gasteiger partial charge in [0.2, 0.25) is 5.91 Å². The SMILES string of the molecule is COc1cccc(CCC(=O)NC(CC(=O)O)c2ccccc2)c1. The molecule has 5 heteroatoms. The molecule has 1 amide bonds. The Morgan fingerprint density at radius 1 is 1.12 bits per heavy atom. The van der Waals surface area contributed by atoms with Gasteiger partial charge in [-0.05, 0) is 29.7 Å². The Labute approximate surface area is 141 Å². The largest absolute Gasteiger partial charge is 0.497 e. The Morgan fingerprint density at radius 3 is 2.54 bits per heavy atom. The summed E-state index contributed by atoms with van der Waals surface area (Å²) in [5.74, 6) is -0.370. The van der Waals surface area contributed by atoms with Gasteiger partial charge >= 0.3 is 5.97 Å². The predicted octanol–water partition coefficient (Wildman–Crippen LogP) is 2.96. The molecule has 0 radical (unpaired) electrons. The first-order chi connectivity index (χ1) is 11.6. The molecule has 0 saturated heterocycles. The lowest BCUT2D eigenvalue weighted by molar-refractivity contribution is -0.137. The van der Waals surface area contributed by atoms with Crippen LogP contribution in [-0.4, -0.2) is 24.1 Å². The highest BCUT2D eigenvalue weighted by molar-refractivity contribution is 5.78. The van der Waals surface area contributed by atoms with Gasteiger partial charge < -0.3 is 15.2 Å². The van der Waals surface area contributed by atoms with Gasteiger partial charge in [0, 0.05) is 6.42 Å². The van der Waals surface area contributed by atoms with Crippen LogP contribution in [0.4, 0.5) is 0 Å². The summed E-state index contributed by atoms with van der Waals surface area (Å²) in [7, 11) is 1.60. The molecule has 0 aliphatic rings. The molecule has 2 N–H and O–H groups in total. The Kier molecular flexibility index (Phi) is 6.37. The third-order valence-corrected chi connectivity index (χ3v) is 3.69. The van der Waals surface area contributed by atoms with Crippen LogP contribution in [0, 0.1) is 0 Å². The van der Waals surface area contributed by atoms with E-state index in [0.29, 0.717) is 6.42 Å². The van der Waals surface area contributed by atoms with Crippen molar-refractivity contribution >= 4 is 11.9 Å². The molecule has 1 atom stereocenters. The van der Waals surface area contributed by atoms with Crippen molar-refractivity contribution in [1.82, 2.24) is 5.32 Å². The standard InChI is InChI=1S/C19H21NO4/c1-24-16-9-5-6-14(12-16)10-11-18(21)20-17(13-19(22)23)15-7-3-2-4-8-15/h2-9,12,17H,10-11,13H2,1H3,(H,20,21)(H,22,23). The molecular formula is C19H21NO4. The van der Waals surface area contributed by atoms with Gasteiger partial charge in [-0.25, -0.2) is 0 Å². The number of aryl methyl sites for hydroxylation is 1.